The van der Waals surface area contributed by atoms with Gasteiger partial charge in [-0.05, 0) is 32.4 Å². The Kier molecular flexibility index (Phi) is 6.90. The van der Waals surface area contributed by atoms with Gasteiger partial charge < -0.3 is 4.90 Å². The monoisotopic (exact) mass is 260 g/mol. The maximum absolute atomic E-state index is 11.9. The third kappa shape index (κ3) is 4.47. The molecule has 0 aromatic carbocycles. The number of alkyl halides is 1. The molecule has 1 aliphatic rings. The second-order valence-corrected chi connectivity index (χ2v) is 5.03. The van der Waals surface area contributed by atoms with E-state index >= 15 is 0 Å². The van der Waals surface area contributed by atoms with Crippen molar-refractivity contribution in [1.82, 2.24) is 9.80 Å². The summed E-state index contributed by atoms with van der Waals surface area (Å²) in [5, 5.41) is 0. The largest absolute Gasteiger partial charge is 0.341 e. The summed E-state index contributed by atoms with van der Waals surface area (Å²) in [6.45, 7) is 8.38. The van der Waals surface area contributed by atoms with Crippen LogP contribution >= 0.6 is 11.6 Å². The van der Waals surface area contributed by atoms with Gasteiger partial charge in [-0.3, -0.25) is 9.69 Å². The average molecular weight is 261 g/mol. The molecule has 1 amide bonds. The van der Waals surface area contributed by atoms with Crippen molar-refractivity contribution in [2.45, 2.75) is 45.6 Å². The van der Waals surface area contributed by atoms with Crippen LogP contribution in [0.1, 0.15) is 39.5 Å². The van der Waals surface area contributed by atoms with E-state index in [0.717, 1.165) is 45.4 Å². The molecule has 17 heavy (non-hydrogen) atoms. The third-order valence-electron chi connectivity index (χ3n) is 3.62. The summed E-state index contributed by atoms with van der Waals surface area (Å²) in [5.74, 6) is 0.972. The Bertz CT molecular complexity index is 231. The zero-order valence-corrected chi connectivity index (χ0v) is 11.9. The molecule has 1 atom stereocenters. The highest BCUT2D eigenvalue weighted by atomic mass is 35.5. The van der Waals surface area contributed by atoms with Crippen LogP contribution in [0.15, 0.2) is 0 Å². The third-order valence-corrected chi connectivity index (χ3v) is 3.89. The lowest BCUT2D eigenvalue weighted by Gasteiger charge is -2.26. The molecule has 1 saturated heterocycles. The van der Waals surface area contributed by atoms with E-state index in [9.17, 15) is 4.79 Å². The van der Waals surface area contributed by atoms with Crippen molar-refractivity contribution in [3.63, 3.8) is 0 Å². The normalized spacial score (nSPS) is 20.2. The highest BCUT2D eigenvalue weighted by Crippen LogP contribution is 2.16. The molecule has 0 radical (unpaired) electrons. The van der Waals surface area contributed by atoms with Crippen molar-refractivity contribution >= 4 is 17.5 Å². The van der Waals surface area contributed by atoms with E-state index in [1.54, 1.807) is 0 Å². The van der Waals surface area contributed by atoms with Crippen molar-refractivity contribution in [2.75, 3.05) is 32.1 Å². The number of likely N-dealkylation sites (tertiary alicyclic amines) is 1. The molecule has 0 saturated carbocycles. The molecule has 100 valence electrons. The van der Waals surface area contributed by atoms with Crippen LogP contribution in [0.5, 0.6) is 0 Å². The standard InChI is InChI=1S/C13H25ClN2O/c1-3-15(4-2)12-8-10-16(11-12)13(17)7-5-6-9-14/h12H,3-11H2,1-2H3. The summed E-state index contributed by atoms with van der Waals surface area (Å²) in [4.78, 5) is 16.4. The minimum absolute atomic E-state index is 0.310. The maximum atomic E-state index is 11.9. The highest BCUT2D eigenvalue weighted by molar-refractivity contribution is 6.17. The number of unbranched alkanes of at least 4 members (excludes halogenated alkanes) is 1. The molecule has 1 aliphatic heterocycles. The van der Waals surface area contributed by atoms with Gasteiger partial charge in [-0.2, -0.15) is 0 Å². The van der Waals surface area contributed by atoms with E-state index in [2.05, 4.69) is 18.7 Å². The molecule has 1 fully saturated rings. The van der Waals surface area contributed by atoms with Gasteiger partial charge >= 0.3 is 0 Å². The minimum atomic E-state index is 0.310. The number of halogens is 1. The molecule has 0 aliphatic carbocycles. The topological polar surface area (TPSA) is 23.6 Å². The number of hydrogen-bond acceptors (Lipinski definition) is 2. The fourth-order valence-electron chi connectivity index (χ4n) is 2.54. The average Bonchev–Trinajstić information content (AvgIpc) is 2.80. The van der Waals surface area contributed by atoms with Crippen LogP contribution in [0.25, 0.3) is 0 Å². The Morgan fingerprint density at radius 2 is 2.06 bits per heavy atom. The number of carbonyl (C=O) groups is 1. The van der Waals surface area contributed by atoms with Crippen LogP contribution < -0.4 is 0 Å². The van der Waals surface area contributed by atoms with Crippen LogP contribution in [0, 0.1) is 0 Å². The fraction of sp³-hybridized carbons (Fsp3) is 0.923. The Morgan fingerprint density at radius 1 is 1.35 bits per heavy atom. The second-order valence-electron chi connectivity index (χ2n) is 4.65. The Balaban J connectivity index is 2.31. The Hall–Kier alpha value is -0.280. The predicted octanol–water partition coefficient (Wildman–Crippen LogP) is 2.34. The number of rotatable bonds is 7. The quantitative estimate of drug-likeness (QED) is 0.518. The van der Waals surface area contributed by atoms with Crippen LogP contribution in [0.3, 0.4) is 0 Å². The SMILES string of the molecule is CCN(CC)C1CCN(C(=O)CCCCCl)C1. The van der Waals surface area contributed by atoms with E-state index in [-0.39, 0.29) is 0 Å². The van der Waals surface area contributed by atoms with Crippen molar-refractivity contribution < 1.29 is 4.79 Å². The number of amides is 1. The van der Waals surface area contributed by atoms with Gasteiger partial charge in [-0.1, -0.05) is 13.8 Å². The first kappa shape index (κ1) is 14.8. The van der Waals surface area contributed by atoms with Gasteiger partial charge in [0.05, 0.1) is 0 Å². The van der Waals surface area contributed by atoms with E-state index in [4.69, 9.17) is 11.6 Å². The number of nitrogens with zero attached hydrogens (tertiary/aromatic N) is 2. The molecule has 0 bridgehead atoms. The van der Waals surface area contributed by atoms with Crippen LogP contribution in [0.4, 0.5) is 0 Å². The lowest BCUT2D eigenvalue weighted by Crippen LogP contribution is -2.38. The lowest BCUT2D eigenvalue weighted by molar-refractivity contribution is -0.130. The van der Waals surface area contributed by atoms with Gasteiger partial charge in [0.2, 0.25) is 5.91 Å². The van der Waals surface area contributed by atoms with E-state index in [0.29, 0.717) is 24.2 Å². The zero-order valence-electron chi connectivity index (χ0n) is 11.1. The first-order valence-electron chi connectivity index (χ1n) is 6.80. The van der Waals surface area contributed by atoms with Crippen LogP contribution in [-0.4, -0.2) is 53.8 Å². The molecule has 0 spiro atoms. The molecule has 4 heteroatoms. The summed E-state index contributed by atoms with van der Waals surface area (Å²) in [6, 6.07) is 0.571. The molecule has 0 N–H and O–H groups in total. The molecular formula is C13H25ClN2O. The Labute approximate surface area is 110 Å². The second kappa shape index (κ2) is 7.93. The molecule has 0 aromatic rings. The molecular weight excluding hydrogens is 236 g/mol. The van der Waals surface area contributed by atoms with Gasteiger partial charge in [0.1, 0.15) is 0 Å². The van der Waals surface area contributed by atoms with E-state index in [1.165, 1.54) is 0 Å². The summed E-state index contributed by atoms with van der Waals surface area (Å²) in [7, 11) is 0. The van der Waals surface area contributed by atoms with Crippen molar-refractivity contribution in [3.8, 4) is 0 Å². The molecule has 1 unspecified atom stereocenters. The molecule has 1 heterocycles. The lowest BCUT2D eigenvalue weighted by atomic mass is 10.2. The van der Waals surface area contributed by atoms with E-state index < -0.39 is 0 Å². The molecule has 0 aromatic heterocycles. The molecule has 3 nitrogen and oxygen atoms in total. The van der Waals surface area contributed by atoms with Gasteiger partial charge in [0.25, 0.3) is 0 Å². The maximum Gasteiger partial charge on any atom is 0.222 e. The van der Waals surface area contributed by atoms with Crippen LogP contribution in [0.2, 0.25) is 0 Å². The fourth-order valence-corrected chi connectivity index (χ4v) is 2.72. The van der Waals surface area contributed by atoms with Gasteiger partial charge in [0, 0.05) is 31.4 Å². The number of hydrogen-bond donors (Lipinski definition) is 0. The van der Waals surface area contributed by atoms with Crippen molar-refractivity contribution in [3.05, 3.63) is 0 Å². The van der Waals surface area contributed by atoms with Gasteiger partial charge in [0.15, 0.2) is 0 Å². The van der Waals surface area contributed by atoms with E-state index in [1.807, 2.05) is 4.90 Å². The highest BCUT2D eigenvalue weighted by Gasteiger charge is 2.28. The Morgan fingerprint density at radius 3 is 2.65 bits per heavy atom. The van der Waals surface area contributed by atoms with Crippen LogP contribution in [-0.2, 0) is 4.79 Å². The summed E-state index contributed by atoms with van der Waals surface area (Å²) in [6.07, 6.45) is 3.66. The summed E-state index contributed by atoms with van der Waals surface area (Å²) in [5.41, 5.74) is 0. The van der Waals surface area contributed by atoms with Gasteiger partial charge in [-0.15, -0.1) is 11.6 Å². The smallest absolute Gasteiger partial charge is 0.222 e. The number of carbonyl (C=O) groups excluding carboxylic acids is 1. The predicted molar refractivity (Wildman–Crippen MR) is 72.5 cm³/mol. The zero-order chi connectivity index (χ0) is 12.7. The van der Waals surface area contributed by atoms with Gasteiger partial charge in [-0.25, -0.2) is 0 Å². The molecule has 1 rings (SSSR count). The van der Waals surface area contributed by atoms with Crippen molar-refractivity contribution in [2.24, 2.45) is 0 Å². The first-order chi connectivity index (χ1) is 8.22. The summed E-state index contributed by atoms with van der Waals surface area (Å²) >= 11 is 5.62. The minimum Gasteiger partial charge on any atom is -0.341 e. The first-order valence-corrected chi connectivity index (χ1v) is 7.34. The summed E-state index contributed by atoms with van der Waals surface area (Å²) < 4.78 is 0. The number of likely N-dealkylation sites (N-methyl/N-ethyl adjacent to an activating group) is 1. The van der Waals surface area contributed by atoms with Crippen molar-refractivity contribution in [1.29, 1.82) is 0 Å².